The van der Waals surface area contributed by atoms with Crippen molar-refractivity contribution in [2.75, 3.05) is 25.4 Å². The van der Waals surface area contributed by atoms with E-state index in [9.17, 15) is 4.79 Å². The van der Waals surface area contributed by atoms with E-state index in [0.717, 1.165) is 4.47 Å². The average molecular weight is 310 g/mol. The lowest BCUT2D eigenvalue weighted by molar-refractivity contribution is 0.00347. The van der Waals surface area contributed by atoms with Gasteiger partial charge in [-0.1, -0.05) is 0 Å². The van der Waals surface area contributed by atoms with Crippen molar-refractivity contribution in [1.29, 1.82) is 5.26 Å². The summed E-state index contributed by atoms with van der Waals surface area (Å²) >= 11 is 3.28. The van der Waals surface area contributed by atoms with E-state index in [4.69, 9.17) is 15.7 Å². The Kier molecular flexibility index (Phi) is 3.84. The highest BCUT2D eigenvalue weighted by atomic mass is 79.9. The lowest BCUT2D eigenvalue weighted by Gasteiger charge is -2.29. The third-order valence-electron chi connectivity index (χ3n) is 2.74. The first-order chi connectivity index (χ1) is 8.61. The zero-order valence-corrected chi connectivity index (χ0v) is 11.2. The second-order valence-electron chi connectivity index (χ2n) is 3.98. The fraction of sp³-hybridized carbons (Fsp3) is 0.333. The normalized spacial score (nSPS) is 19.3. The van der Waals surface area contributed by atoms with E-state index in [1.165, 1.54) is 0 Å². The van der Waals surface area contributed by atoms with Crippen LogP contribution in [0.15, 0.2) is 22.7 Å². The van der Waals surface area contributed by atoms with E-state index in [1.54, 1.807) is 23.1 Å². The minimum absolute atomic E-state index is 0.127. The van der Waals surface area contributed by atoms with Gasteiger partial charge in [0.1, 0.15) is 0 Å². The SMILES string of the molecule is N#CC1CN(C(=O)c2ccc(Br)c(N)c2)CCO1. The summed E-state index contributed by atoms with van der Waals surface area (Å²) in [5, 5.41) is 8.80. The molecule has 0 saturated carbocycles. The zero-order chi connectivity index (χ0) is 13.1. The molecule has 1 amide bonds. The molecule has 0 aromatic heterocycles. The van der Waals surface area contributed by atoms with Crippen LogP contribution in [0.2, 0.25) is 0 Å². The van der Waals surface area contributed by atoms with Gasteiger partial charge in [-0.05, 0) is 34.1 Å². The van der Waals surface area contributed by atoms with Crippen LogP contribution in [0.3, 0.4) is 0 Å². The minimum atomic E-state index is -0.546. The van der Waals surface area contributed by atoms with Gasteiger partial charge in [-0.25, -0.2) is 0 Å². The highest BCUT2D eigenvalue weighted by Gasteiger charge is 2.24. The number of nitrogen functional groups attached to an aromatic ring is 1. The number of anilines is 1. The summed E-state index contributed by atoms with van der Waals surface area (Å²) in [6, 6.07) is 7.09. The molecule has 1 aliphatic rings. The summed E-state index contributed by atoms with van der Waals surface area (Å²) in [4.78, 5) is 13.8. The molecule has 2 rings (SSSR count). The number of nitriles is 1. The van der Waals surface area contributed by atoms with Gasteiger partial charge < -0.3 is 15.4 Å². The van der Waals surface area contributed by atoms with Gasteiger partial charge in [-0.15, -0.1) is 0 Å². The lowest BCUT2D eigenvalue weighted by atomic mass is 10.1. The molecule has 0 radical (unpaired) electrons. The van der Waals surface area contributed by atoms with Gasteiger partial charge in [0.15, 0.2) is 6.10 Å². The molecule has 1 fully saturated rings. The molecule has 0 spiro atoms. The van der Waals surface area contributed by atoms with Crippen LogP contribution in [0.1, 0.15) is 10.4 Å². The summed E-state index contributed by atoms with van der Waals surface area (Å²) in [5.74, 6) is -0.127. The number of amides is 1. The topological polar surface area (TPSA) is 79.4 Å². The number of ether oxygens (including phenoxy) is 1. The van der Waals surface area contributed by atoms with Gasteiger partial charge in [0.2, 0.25) is 0 Å². The Hall–Kier alpha value is -1.58. The molecule has 1 aromatic rings. The molecule has 0 aliphatic carbocycles. The quantitative estimate of drug-likeness (QED) is 0.795. The van der Waals surface area contributed by atoms with Crippen molar-refractivity contribution in [3.05, 3.63) is 28.2 Å². The summed E-state index contributed by atoms with van der Waals surface area (Å²) < 4.78 is 5.96. The van der Waals surface area contributed by atoms with E-state index in [0.29, 0.717) is 30.9 Å². The highest BCUT2D eigenvalue weighted by Crippen LogP contribution is 2.21. The number of hydrogen-bond donors (Lipinski definition) is 1. The van der Waals surface area contributed by atoms with Crippen LogP contribution < -0.4 is 5.73 Å². The minimum Gasteiger partial charge on any atom is -0.398 e. The Morgan fingerprint density at radius 2 is 2.39 bits per heavy atom. The van der Waals surface area contributed by atoms with Gasteiger partial charge >= 0.3 is 0 Å². The lowest BCUT2D eigenvalue weighted by Crippen LogP contribution is -2.45. The fourth-order valence-corrected chi connectivity index (χ4v) is 2.02. The van der Waals surface area contributed by atoms with Gasteiger partial charge in [0, 0.05) is 22.3 Å². The average Bonchev–Trinajstić information content (AvgIpc) is 2.41. The summed E-state index contributed by atoms with van der Waals surface area (Å²) in [5.41, 5.74) is 6.79. The number of nitrogens with two attached hydrogens (primary N) is 1. The molecular weight excluding hydrogens is 298 g/mol. The second-order valence-corrected chi connectivity index (χ2v) is 4.83. The Morgan fingerprint density at radius 1 is 1.61 bits per heavy atom. The van der Waals surface area contributed by atoms with Crippen LogP contribution in [-0.4, -0.2) is 36.6 Å². The second kappa shape index (κ2) is 5.38. The molecule has 1 unspecified atom stereocenters. The maximum atomic E-state index is 12.2. The first kappa shape index (κ1) is 12.9. The molecule has 0 bridgehead atoms. The van der Waals surface area contributed by atoms with Crippen molar-refractivity contribution in [3.8, 4) is 6.07 Å². The molecule has 2 N–H and O–H groups in total. The first-order valence-corrected chi connectivity index (χ1v) is 6.26. The highest BCUT2D eigenvalue weighted by molar-refractivity contribution is 9.10. The predicted octanol–water partition coefficient (Wildman–Crippen LogP) is 1.40. The predicted molar refractivity (Wildman–Crippen MR) is 69.8 cm³/mol. The number of halogens is 1. The standard InChI is InChI=1S/C12H12BrN3O2/c13-10-2-1-8(5-11(10)15)12(17)16-3-4-18-9(6-14)7-16/h1-2,5,9H,3-4,7,15H2. The van der Waals surface area contributed by atoms with Crippen molar-refractivity contribution in [2.24, 2.45) is 0 Å². The largest absolute Gasteiger partial charge is 0.398 e. The molecule has 18 heavy (non-hydrogen) atoms. The van der Waals surface area contributed by atoms with Crippen LogP contribution in [0, 0.1) is 11.3 Å². The van der Waals surface area contributed by atoms with Gasteiger partial charge in [0.05, 0.1) is 19.2 Å². The van der Waals surface area contributed by atoms with Gasteiger partial charge in [0.25, 0.3) is 5.91 Å². The van der Waals surface area contributed by atoms with Crippen LogP contribution in [0.4, 0.5) is 5.69 Å². The van der Waals surface area contributed by atoms with Crippen molar-refractivity contribution in [1.82, 2.24) is 4.90 Å². The van der Waals surface area contributed by atoms with Crippen LogP contribution in [-0.2, 0) is 4.74 Å². The van der Waals surface area contributed by atoms with E-state index >= 15 is 0 Å². The maximum absolute atomic E-state index is 12.2. The molecular formula is C12H12BrN3O2. The van der Waals surface area contributed by atoms with E-state index in [-0.39, 0.29) is 5.91 Å². The molecule has 1 saturated heterocycles. The third-order valence-corrected chi connectivity index (χ3v) is 3.46. The number of hydrogen-bond acceptors (Lipinski definition) is 4. The number of carbonyl (C=O) groups excluding carboxylic acids is 1. The fourth-order valence-electron chi connectivity index (χ4n) is 1.77. The summed E-state index contributed by atoms with van der Waals surface area (Å²) in [7, 11) is 0. The Bertz CT molecular complexity index is 513. The number of benzene rings is 1. The van der Waals surface area contributed by atoms with Crippen LogP contribution in [0.5, 0.6) is 0 Å². The molecule has 1 heterocycles. The van der Waals surface area contributed by atoms with E-state index in [1.807, 2.05) is 6.07 Å². The Morgan fingerprint density at radius 3 is 3.06 bits per heavy atom. The molecule has 1 atom stereocenters. The number of rotatable bonds is 1. The molecule has 6 heteroatoms. The zero-order valence-electron chi connectivity index (χ0n) is 9.60. The Labute approximate surface area is 113 Å². The number of carbonyl (C=O) groups is 1. The summed E-state index contributed by atoms with van der Waals surface area (Å²) in [6.07, 6.45) is -0.546. The number of morpholine rings is 1. The van der Waals surface area contributed by atoms with E-state index in [2.05, 4.69) is 15.9 Å². The molecule has 94 valence electrons. The third kappa shape index (κ3) is 2.63. The monoisotopic (exact) mass is 309 g/mol. The van der Waals surface area contributed by atoms with Gasteiger partial charge in [-0.3, -0.25) is 4.79 Å². The summed E-state index contributed by atoms with van der Waals surface area (Å²) in [6.45, 7) is 1.17. The maximum Gasteiger partial charge on any atom is 0.254 e. The molecule has 1 aliphatic heterocycles. The van der Waals surface area contributed by atoms with E-state index < -0.39 is 6.10 Å². The van der Waals surface area contributed by atoms with Crippen molar-refractivity contribution >= 4 is 27.5 Å². The molecule has 5 nitrogen and oxygen atoms in total. The van der Waals surface area contributed by atoms with Crippen molar-refractivity contribution in [3.63, 3.8) is 0 Å². The first-order valence-electron chi connectivity index (χ1n) is 5.47. The van der Waals surface area contributed by atoms with Crippen molar-refractivity contribution in [2.45, 2.75) is 6.10 Å². The molecule has 1 aromatic carbocycles. The Balaban J connectivity index is 2.15. The van der Waals surface area contributed by atoms with Gasteiger partial charge in [-0.2, -0.15) is 5.26 Å². The number of nitrogens with zero attached hydrogens (tertiary/aromatic N) is 2. The van der Waals surface area contributed by atoms with Crippen LogP contribution in [0.25, 0.3) is 0 Å². The van der Waals surface area contributed by atoms with Crippen LogP contribution >= 0.6 is 15.9 Å². The van der Waals surface area contributed by atoms with Crippen molar-refractivity contribution < 1.29 is 9.53 Å². The smallest absolute Gasteiger partial charge is 0.254 e.